The maximum atomic E-state index is 8.60. The van der Waals surface area contributed by atoms with E-state index < -0.39 is 0 Å². The van der Waals surface area contributed by atoms with Crippen LogP contribution >= 0.6 is 0 Å². The first kappa shape index (κ1) is 7.76. The third kappa shape index (κ3) is 2.50. The van der Waals surface area contributed by atoms with Crippen molar-refractivity contribution in [3.05, 3.63) is 12.2 Å². The SMILES string of the molecule is OCCC1C=CCCCO1. The lowest BCUT2D eigenvalue weighted by atomic mass is 10.2. The third-order valence-corrected chi connectivity index (χ3v) is 1.61. The van der Waals surface area contributed by atoms with Crippen LogP contribution in [0.4, 0.5) is 0 Å². The van der Waals surface area contributed by atoms with Crippen molar-refractivity contribution >= 4 is 0 Å². The smallest absolute Gasteiger partial charge is 0.0777 e. The normalized spacial score (nSPS) is 26.3. The van der Waals surface area contributed by atoms with E-state index in [2.05, 4.69) is 6.08 Å². The van der Waals surface area contributed by atoms with Gasteiger partial charge in [-0.15, -0.1) is 0 Å². The van der Waals surface area contributed by atoms with Gasteiger partial charge in [0.05, 0.1) is 6.10 Å². The molecule has 0 aromatic heterocycles. The number of hydrogen-bond donors (Lipinski definition) is 1. The molecule has 1 N–H and O–H groups in total. The molecule has 1 heterocycles. The van der Waals surface area contributed by atoms with Crippen LogP contribution in [0.2, 0.25) is 0 Å². The van der Waals surface area contributed by atoms with Crippen molar-refractivity contribution in [1.82, 2.24) is 0 Å². The average molecular weight is 142 g/mol. The maximum absolute atomic E-state index is 8.60. The molecule has 0 saturated carbocycles. The van der Waals surface area contributed by atoms with Crippen LogP contribution in [0.5, 0.6) is 0 Å². The first-order chi connectivity index (χ1) is 4.93. The Morgan fingerprint density at radius 2 is 2.50 bits per heavy atom. The molecule has 58 valence electrons. The first-order valence-corrected chi connectivity index (χ1v) is 3.82. The van der Waals surface area contributed by atoms with Gasteiger partial charge in [0.25, 0.3) is 0 Å². The number of rotatable bonds is 2. The van der Waals surface area contributed by atoms with Gasteiger partial charge in [-0.25, -0.2) is 0 Å². The van der Waals surface area contributed by atoms with Gasteiger partial charge in [0, 0.05) is 19.6 Å². The van der Waals surface area contributed by atoms with Crippen LogP contribution < -0.4 is 0 Å². The lowest BCUT2D eigenvalue weighted by Crippen LogP contribution is -2.10. The van der Waals surface area contributed by atoms with Gasteiger partial charge in [-0.3, -0.25) is 0 Å². The van der Waals surface area contributed by atoms with Crippen molar-refractivity contribution in [3.63, 3.8) is 0 Å². The Hall–Kier alpha value is -0.340. The second-order valence-electron chi connectivity index (χ2n) is 2.49. The van der Waals surface area contributed by atoms with E-state index in [0.717, 1.165) is 25.9 Å². The molecule has 0 aromatic rings. The summed E-state index contributed by atoms with van der Waals surface area (Å²) in [5.41, 5.74) is 0. The van der Waals surface area contributed by atoms with Crippen molar-refractivity contribution in [2.45, 2.75) is 25.4 Å². The van der Waals surface area contributed by atoms with Gasteiger partial charge >= 0.3 is 0 Å². The molecule has 0 aromatic carbocycles. The quantitative estimate of drug-likeness (QED) is 0.585. The average Bonchev–Trinajstić information content (AvgIpc) is 2.17. The number of aliphatic hydroxyl groups excluding tert-OH is 1. The van der Waals surface area contributed by atoms with E-state index in [1.54, 1.807) is 0 Å². The molecular weight excluding hydrogens is 128 g/mol. The van der Waals surface area contributed by atoms with Gasteiger partial charge in [0.15, 0.2) is 0 Å². The molecule has 2 nitrogen and oxygen atoms in total. The molecular formula is C8H14O2. The van der Waals surface area contributed by atoms with E-state index in [9.17, 15) is 0 Å². The number of allylic oxidation sites excluding steroid dienone is 1. The predicted octanol–water partition coefficient (Wildman–Crippen LogP) is 1.10. The topological polar surface area (TPSA) is 29.5 Å². The Bertz CT molecular complexity index is 110. The van der Waals surface area contributed by atoms with E-state index in [4.69, 9.17) is 9.84 Å². The lowest BCUT2D eigenvalue weighted by Gasteiger charge is -2.09. The largest absolute Gasteiger partial charge is 0.396 e. The van der Waals surface area contributed by atoms with Crippen LogP contribution in [0.25, 0.3) is 0 Å². The molecule has 0 amide bonds. The van der Waals surface area contributed by atoms with Crippen molar-refractivity contribution in [3.8, 4) is 0 Å². The minimum Gasteiger partial charge on any atom is -0.396 e. The van der Waals surface area contributed by atoms with E-state index in [1.807, 2.05) is 6.08 Å². The minimum absolute atomic E-state index is 0.160. The highest BCUT2D eigenvalue weighted by atomic mass is 16.5. The fraction of sp³-hybridized carbons (Fsp3) is 0.750. The Labute approximate surface area is 61.5 Å². The molecule has 1 rings (SSSR count). The van der Waals surface area contributed by atoms with Crippen LogP contribution in [0, 0.1) is 0 Å². The summed E-state index contributed by atoms with van der Waals surface area (Å²) in [5.74, 6) is 0. The third-order valence-electron chi connectivity index (χ3n) is 1.61. The molecule has 0 radical (unpaired) electrons. The fourth-order valence-electron chi connectivity index (χ4n) is 1.05. The predicted molar refractivity (Wildman–Crippen MR) is 39.8 cm³/mol. The molecule has 1 aliphatic heterocycles. The molecule has 1 atom stereocenters. The highest BCUT2D eigenvalue weighted by Crippen LogP contribution is 2.07. The summed E-state index contributed by atoms with van der Waals surface area (Å²) in [6, 6.07) is 0. The summed E-state index contributed by atoms with van der Waals surface area (Å²) in [6.07, 6.45) is 7.29. The number of ether oxygens (including phenoxy) is 1. The molecule has 0 spiro atoms. The van der Waals surface area contributed by atoms with E-state index in [0.29, 0.717) is 0 Å². The van der Waals surface area contributed by atoms with Crippen LogP contribution in [0.3, 0.4) is 0 Å². The maximum Gasteiger partial charge on any atom is 0.0777 e. The van der Waals surface area contributed by atoms with Crippen molar-refractivity contribution in [1.29, 1.82) is 0 Å². The van der Waals surface area contributed by atoms with Crippen molar-refractivity contribution in [2.24, 2.45) is 0 Å². The zero-order valence-electron chi connectivity index (χ0n) is 6.12. The molecule has 0 fully saturated rings. The summed E-state index contributed by atoms with van der Waals surface area (Å²) in [6.45, 7) is 1.05. The Balaban J connectivity index is 2.27. The van der Waals surface area contributed by atoms with Gasteiger partial charge < -0.3 is 9.84 Å². The van der Waals surface area contributed by atoms with Gasteiger partial charge in [-0.05, 0) is 12.8 Å². The molecule has 1 aliphatic rings. The van der Waals surface area contributed by atoms with Crippen molar-refractivity contribution in [2.75, 3.05) is 13.2 Å². The number of hydrogen-bond acceptors (Lipinski definition) is 2. The second kappa shape index (κ2) is 4.47. The van der Waals surface area contributed by atoms with Gasteiger partial charge in [-0.2, -0.15) is 0 Å². The number of aliphatic hydroxyl groups is 1. The van der Waals surface area contributed by atoms with E-state index in [-0.39, 0.29) is 12.7 Å². The van der Waals surface area contributed by atoms with Crippen molar-refractivity contribution < 1.29 is 9.84 Å². The van der Waals surface area contributed by atoms with Crippen LogP contribution in [-0.2, 0) is 4.74 Å². The Morgan fingerprint density at radius 3 is 3.30 bits per heavy atom. The summed E-state index contributed by atoms with van der Waals surface area (Å²) in [5, 5.41) is 8.60. The summed E-state index contributed by atoms with van der Waals surface area (Å²) in [7, 11) is 0. The first-order valence-electron chi connectivity index (χ1n) is 3.82. The highest BCUT2D eigenvalue weighted by molar-refractivity contribution is 4.91. The van der Waals surface area contributed by atoms with E-state index in [1.165, 1.54) is 0 Å². The standard InChI is InChI=1S/C8H14O2/c9-6-5-8-4-2-1-3-7-10-8/h2,4,8-9H,1,3,5-7H2. The fourth-order valence-corrected chi connectivity index (χ4v) is 1.05. The van der Waals surface area contributed by atoms with Gasteiger partial charge in [0.1, 0.15) is 0 Å². The molecule has 0 aliphatic carbocycles. The summed E-state index contributed by atoms with van der Waals surface area (Å²) >= 11 is 0. The second-order valence-corrected chi connectivity index (χ2v) is 2.49. The van der Waals surface area contributed by atoms with Crippen LogP contribution in [-0.4, -0.2) is 24.4 Å². The van der Waals surface area contributed by atoms with Crippen LogP contribution in [0.1, 0.15) is 19.3 Å². The monoisotopic (exact) mass is 142 g/mol. The van der Waals surface area contributed by atoms with Gasteiger partial charge in [0.2, 0.25) is 0 Å². The van der Waals surface area contributed by atoms with Gasteiger partial charge in [-0.1, -0.05) is 12.2 Å². The van der Waals surface area contributed by atoms with Crippen LogP contribution in [0.15, 0.2) is 12.2 Å². The molecule has 0 bridgehead atoms. The minimum atomic E-state index is 0.160. The molecule has 10 heavy (non-hydrogen) atoms. The lowest BCUT2D eigenvalue weighted by molar-refractivity contribution is 0.0690. The molecule has 1 unspecified atom stereocenters. The summed E-state index contributed by atoms with van der Waals surface area (Å²) < 4.78 is 5.40. The zero-order chi connectivity index (χ0) is 7.23. The highest BCUT2D eigenvalue weighted by Gasteiger charge is 2.05. The molecule has 2 heteroatoms. The zero-order valence-corrected chi connectivity index (χ0v) is 6.12. The summed E-state index contributed by atoms with van der Waals surface area (Å²) in [4.78, 5) is 0. The molecule has 0 saturated heterocycles. The Kier molecular flexibility index (Phi) is 3.47. The Morgan fingerprint density at radius 1 is 1.60 bits per heavy atom. The van der Waals surface area contributed by atoms with E-state index >= 15 is 0 Å².